The Balaban J connectivity index is 2.46. The minimum absolute atomic E-state index is 0.0155. The number of Topliss-reactive ketones (excluding diaryl/α,β-unsaturated/α-hetero) is 1. The first-order valence-corrected chi connectivity index (χ1v) is 6.01. The summed E-state index contributed by atoms with van der Waals surface area (Å²) >= 11 is 1.31. The molecule has 0 unspecified atom stereocenters. The zero-order valence-corrected chi connectivity index (χ0v) is 9.82. The van der Waals surface area contributed by atoms with Crippen molar-refractivity contribution in [2.45, 2.75) is 11.6 Å². The van der Waals surface area contributed by atoms with Gasteiger partial charge in [0.05, 0.1) is 19.2 Å². The van der Waals surface area contributed by atoms with Crippen LogP contribution in [0.3, 0.4) is 0 Å². The fourth-order valence-corrected chi connectivity index (χ4v) is 1.85. The molecule has 1 amide bonds. The maximum absolute atomic E-state index is 11.6. The van der Waals surface area contributed by atoms with Crippen LogP contribution in [-0.2, 0) is 9.59 Å². The number of hydrogen-bond acceptors (Lipinski definition) is 6. The van der Waals surface area contributed by atoms with Crippen LogP contribution in [0.4, 0.5) is 5.82 Å². The van der Waals surface area contributed by atoms with Crippen LogP contribution in [0.2, 0.25) is 0 Å². The molecular weight excluding hydrogens is 240 g/mol. The van der Waals surface area contributed by atoms with E-state index in [-0.39, 0.29) is 36.0 Å². The highest BCUT2D eigenvalue weighted by Gasteiger charge is 2.31. The number of amides is 1. The number of ketones is 1. The van der Waals surface area contributed by atoms with E-state index in [1.165, 1.54) is 22.9 Å². The summed E-state index contributed by atoms with van der Waals surface area (Å²) in [5.41, 5.74) is 0.200. The number of nitriles is 1. The summed E-state index contributed by atoms with van der Waals surface area (Å²) in [5, 5.41) is 9.40. The Kier molecular flexibility index (Phi) is 3.06. The maximum Gasteiger partial charge on any atom is 0.236 e. The first-order valence-electron chi connectivity index (χ1n) is 4.79. The van der Waals surface area contributed by atoms with Gasteiger partial charge in [0.1, 0.15) is 11.6 Å². The Morgan fingerprint density at radius 1 is 1.53 bits per heavy atom. The van der Waals surface area contributed by atoms with Gasteiger partial charge in [-0.1, -0.05) is 11.8 Å². The van der Waals surface area contributed by atoms with Crippen molar-refractivity contribution < 1.29 is 9.59 Å². The Bertz CT molecular complexity index is 538. The van der Waals surface area contributed by atoms with E-state index in [9.17, 15) is 9.59 Å². The summed E-state index contributed by atoms with van der Waals surface area (Å²) in [6.45, 7) is -0.0155. The minimum Gasteiger partial charge on any atom is -0.297 e. The zero-order chi connectivity index (χ0) is 12.4. The molecule has 0 aliphatic carbocycles. The number of carbonyl (C=O) groups is 2. The average molecular weight is 248 g/mol. The van der Waals surface area contributed by atoms with E-state index in [0.29, 0.717) is 5.16 Å². The molecule has 6 nitrogen and oxygen atoms in total. The number of hydrogen-bond donors (Lipinski definition) is 0. The van der Waals surface area contributed by atoms with Crippen LogP contribution in [0, 0.1) is 11.3 Å². The van der Waals surface area contributed by atoms with Gasteiger partial charge in [0.2, 0.25) is 5.91 Å². The van der Waals surface area contributed by atoms with Gasteiger partial charge < -0.3 is 0 Å². The van der Waals surface area contributed by atoms with Gasteiger partial charge in [0, 0.05) is 0 Å². The molecule has 2 heterocycles. The second-order valence-electron chi connectivity index (χ2n) is 3.40. The predicted molar refractivity (Wildman–Crippen MR) is 60.5 cm³/mol. The molecule has 0 aromatic carbocycles. The Morgan fingerprint density at radius 2 is 2.29 bits per heavy atom. The molecule has 1 aliphatic heterocycles. The number of nitrogens with zero attached hydrogens (tertiary/aromatic N) is 4. The molecule has 0 N–H and O–H groups in total. The summed E-state index contributed by atoms with van der Waals surface area (Å²) in [6, 6.07) is 1.92. The lowest BCUT2D eigenvalue weighted by molar-refractivity contribution is -0.121. The molecule has 0 radical (unpaired) electrons. The van der Waals surface area contributed by atoms with Crippen LogP contribution in [0.15, 0.2) is 11.4 Å². The summed E-state index contributed by atoms with van der Waals surface area (Å²) < 4.78 is 0. The first kappa shape index (κ1) is 11.5. The fourth-order valence-electron chi connectivity index (χ4n) is 1.52. The second-order valence-corrected chi connectivity index (χ2v) is 4.17. The molecule has 0 saturated carbocycles. The minimum atomic E-state index is -0.322. The van der Waals surface area contributed by atoms with Crippen LogP contribution < -0.4 is 4.90 Å². The normalized spacial score (nSPS) is 15.2. The van der Waals surface area contributed by atoms with Crippen molar-refractivity contribution in [1.82, 2.24) is 9.97 Å². The molecule has 2 rings (SSSR count). The number of aromatic nitrogens is 2. The quantitative estimate of drug-likeness (QED) is 0.427. The fraction of sp³-hybridized carbons (Fsp3) is 0.300. The van der Waals surface area contributed by atoms with Gasteiger partial charge in [0.15, 0.2) is 16.8 Å². The van der Waals surface area contributed by atoms with Crippen LogP contribution in [-0.4, -0.2) is 34.5 Å². The molecule has 1 aromatic heterocycles. The first-order chi connectivity index (χ1) is 8.15. The van der Waals surface area contributed by atoms with Gasteiger partial charge in [-0.25, -0.2) is 9.97 Å². The summed E-state index contributed by atoms with van der Waals surface area (Å²) in [6.07, 6.45) is 3.04. The van der Waals surface area contributed by atoms with Crippen molar-refractivity contribution >= 4 is 29.3 Å². The standard InChI is InChI=1S/C10H8N4O2S/c1-17-10-12-4-6(3-11)9(13-10)14-5-7(15)2-8(14)16/h4H,2,5H2,1H3. The topological polar surface area (TPSA) is 87.0 Å². The van der Waals surface area contributed by atoms with Gasteiger partial charge in [-0.05, 0) is 6.26 Å². The molecule has 1 fully saturated rings. The SMILES string of the molecule is CSc1ncc(C#N)c(N2CC(=O)CC2=O)n1. The third kappa shape index (κ3) is 2.12. The molecule has 17 heavy (non-hydrogen) atoms. The highest BCUT2D eigenvalue weighted by Crippen LogP contribution is 2.23. The smallest absolute Gasteiger partial charge is 0.236 e. The van der Waals surface area contributed by atoms with Gasteiger partial charge in [-0.3, -0.25) is 14.5 Å². The molecule has 0 bridgehead atoms. The summed E-state index contributed by atoms with van der Waals surface area (Å²) in [7, 11) is 0. The Hall–Kier alpha value is -1.94. The van der Waals surface area contributed by atoms with E-state index in [1.807, 2.05) is 6.07 Å². The number of carbonyl (C=O) groups excluding carboxylic acids is 2. The monoisotopic (exact) mass is 248 g/mol. The predicted octanol–water partition coefficient (Wildman–Crippen LogP) is 0.376. The van der Waals surface area contributed by atoms with Crippen molar-refractivity contribution in [2.75, 3.05) is 17.7 Å². The lowest BCUT2D eigenvalue weighted by Crippen LogP contribution is -2.26. The van der Waals surface area contributed by atoms with Crippen LogP contribution >= 0.6 is 11.8 Å². The van der Waals surface area contributed by atoms with E-state index in [1.54, 1.807) is 6.26 Å². The van der Waals surface area contributed by atoms with Crippen LogP contribution in [0.25, 0.3) is 0 Å². The Morgan fingerprint density at radius 3 is 2.82 bits per heavy atom. The van der Waals surface area contributed by atoms with Crippen molar-refractivity contribution in [3.05, 3.63) is 11.8 Å². The van der Waals surface area contributed by atoms with Gasteiger partial charge in [0.25, 0.3) is 0 Å². The molecule has 0 spiro atoms. The van der Waals surface area contributed by atoms with Gasteiger partial charge in [-0.2, -0.15) is 5.26 Å². The molecule has 7 heteroatoms. The van der Waals surface area contributed by atoms with Crippen LogP contribution in [0.5, 0.6) is 0 Å². The van der Waals surface area contributed by atoms with Crippen molar-refractivity contribution in [1.29, 1.82) is 5.26 Å². The van der Waals surface area contributed by atoms with Crippen molar-refractivity contribution in [3.8, 4) is 6.07 Å². The maximum atomic E-state index is 11.6. The van der Waals surface area contributed by atoms with Gasteiger partial charge in [-0.15, -0.1) is 0 Å². The third-order valence-corrected chi connectivity index (χ3v) is 2.85. The number of anilines is 1. The van der Waals surface area contributed by atoms with E-state index in [4.69, 9.17) is 5.26 Å². The van der Waals surface area contributed by atoms with E-state index >= 15 is 0 Å². The second kappa shape index (κ2) is 4.51. The number of rotatable bonds is 2. The highest BCUT2D eigenvalue weighted by molar-refractivity contribution is 7.98. The third-order valence-electron chi connectivity index (χ3n) is 2.29. The van der Waals surface area contributed by atoms with Crippen LogP contribution in [0.1, 0.15) is 12.0 Å². The molecule has 1 aromatic rings. The molecule has 86 valence electrons. The average Bonchev–Trinajstić information content (AvgIpc) is 2.67. The Labute approximate surface area is 102 Å². The highest BCUT2D eigenvalue weighted by atomic mass is 32.2. The van der Waals surface area contributed by atoms with Crippen molar-refractivity contribution in [2.24, 2.45) is 0 Å². The molecule has 0 atom stereocenters. The van der Waals surface area contributed by atoms with Crippen molar-refractivity contribution in [3.63, 3.8) is 0 Å². The number of thioether (sulfide) groups is 1. The van der Waals surface area contributed by atoms with E-state index < -0.39 is 0 Å². The zero-order valence-electron chi connectivity index (χ0n) is 9.01. The lowest BCUT2D eigenvalue weighted by Gasteiger charge is -2.14. The largest absolute Gasteiger partial charge is 0.297 e. The van der Waals surface area contributed by atoms with Gasteiger partial charge >= 0.3 is 0 Å². The lowest BCUT2D eigenvalue weighted by atomic mass is 10.3. The summed E-state index contributed by atoms with van der Waals surface area (Å²) in [5.74, 6) is -0.261. The summed E-state index contributed by atoms with van der Waals surface area (Å²) in [4.78, 5) is 32.1. The van der Waals surface area contributed by atoms with E-state index in [2.05, 4.69) is 9.97 Å². The van der Waals surface area contributed by atoms with E-state index in [0.717, 1.165) is 0 Å². The molecule has 1 aliphatic rings. The molecular formula is C10H8N4O2S. The molecule has 1 saturated heterocycles.